The van der Waals surface area contributed by atoms with E-state index in [2.05, 4.69) is 32.5 Å². The fraction of sp³-hybridized carbons (Fsp3) is 0.700. The van der Waals surface area contributed by atoms with Crippen LogP contribution in [0.1, 0.15) is 33.6 Å². The third-order valence-corrected chi connectivity index (χ3v) is 2.02. The number of nitrogens with zero attached hydrogens (tertiary/aromatic N) is 1. The number of hydrogen-bond acceptors (Lipinski definition) is 2. The monoisotopic (exact) mass is 169 g/mol. The van der Waals surface area contributed by atoms with Crippen LogP contribution in [0.5, 0.6) is 0 Å². The average molecular weight is 169 g/mol. The van der Waals surface area contributed by atoms with Crippen molar-refractivity contribution in [3.05, 3.63) is 12.7 Å². The third kappa shape index (κ3) is 4.94. The van der Waals surface area contributed by atoms with Crippen molar-refractivity contribution in [1.29, 1.82) is 0 Å². The molecule has 1 unspecified atom stereocenters. The maximum Gasteiger partial charge on any atom is 0.0438 e. The van der Waals surface area contributed by atoms with Gasteiger partial charge in [0, 0.05) is 6.21 Å². The lowest BCUT2D eigenvalue weighted by Crippen LogP contribution is -2.12. The van der Waals surface area contributed by atoms with Crippen LogP contribution in [0.4, 0.5) is 0 Å². The minimum Gasteiger partial charge on any atom is -0.411 e. The van der Waals surface area contributed by atoms with Gasteiger partial charge in [0.2, 0.25) is 0 Å². The fourth-order valence-corrected chi connectivity index (χ4v) is 1.29. The minimum atomic E-state index is 0.183. The highest BCUT2D eigenvalue weighted by molar-refractivity contribution is 5.56. The highest BCUT2D eigenvalue weighted by Gasteiger charge is 2.16. The molecule has 12 heavy (non-hydrogen) atoms. The Bertz CT molecular complexity index is 161. The van der Waals surface area contributed by atoms with Gasteiger partial charge < -0.3 is 5.21 Å². The van der Waals surface area contributed by atoms with E-state index in [1.54, 1.807) is 6.21 Å². The summed E-state index contributed by atoms with van der Waals surface area (Å²) in [6.45, 7) is 10.2. The fourth-order valence-electron chi connectivity index (χ4n) is 1.29. The van der Waals surface area contributed by atoms with E-state index >= 15 is 0 Å². The Balaban J connectivity index is 3.82. The molecule has 1 atom stereocenters. The lowest BCUT2D eigenvalue weighted by atomic mass is 9.83. The van der Waals surface area contributed by atoms with E-state index in [0.717, 1.165) is 12.8 Å². The molecular formula is C10H19NO. The number of hydrogen-bond donors (Lipinski definition) is 1. The highest BCUT2D eigenvalue weighted by atomic mass is 16.4. The molecule has 0 aromatic heterocycles. The number of oxime groups is 1. The Hall–Kier alpha value is -0.790. The zero-order valence-electron chi connectivity index (χ0n) is 8.25. The van der Waals surface area contributed by atoms with Gasteiger partial charge in [0.05, 0.1) is 0 Å². The second-order valence-electron chi connectivity index (χ2n) is 4.04. The molecule has 0 aliphatic carbocycles. The van der Waals surface area contributed by atoms with Gasteiger partial charge in [-0.3, -0.25) is 0 Å². The van der Waals surface area contributed by atoms with E-state index in [9.17, 15) is 0 Å². The van der Waals surface area contributed by atoms with Gasteiger partial charge >= 0.3 is 0 Å². The summed E-state index contributed by atoms with van der Waals surface area (Å²) < 4.78 is 0. The van der Waals surface area contributed by atoms with Gasteiger partial charge in [0.25, 0.3) is 0 Å². The zero-order valence-corrected chi connectivity index (χ0v) is 8.25. The molecule has 0 saturated heterocycles. The lowest BCUT2D eigenvalue weighted by Gasteiger charge is -2.23. The topological polar surface area (TPSA) is 32.6 Å². The second kappa shape index (κ2) is 4.96. The van der Waals surface area contributed by atoms with Gasteiger partial charge in [0.15, 0.2) is 0 Å². The second-order valence-corrected chi connectivity index (χ2v) is 4.04. The summed E-state index contributed by atoms with van der Waals surface area (Å²) in [4.78, 5) is 0. The van der Waals surface area contributed by atoms with Crippen LogP contribution in [0.2, 0.25) is 0 Å². The summed E-state index contributed by atoms with van der Waals surface area (Å²) in [5.41, 5.74) is 0.183. The van der Waals surface area contributed by atoms with Gasteiger partial charge in [-0.25, -0.2) is 0 Å². The van der Waals surface area contributed by atoms with Crippen LogP contribution < -0.4 is 0 Å². The average Bonchev–Trinajstić information content (AvgIpc) is 2.00. The maximum atomic E-state index is 8.22. The molecular weight excluding hydrogens is 150 g/mol. The van der Waals surface area contributed by atoms with E-state index in [-0.39, 0.29) is 5.41 Å². The van der Waals surface area contributed by atoms with Crippen LogP contribution in [0, 0.1) is 11.3 Å². The standard InChI is InChI=1S/C10H19NO/c1-5-10(3,4)8-9(2)6-7-11-12/h5,7,9,12H,1,6,8H2,2-4H3/b11-7+. The van der Waals surface area contributed by atoms with Crippen LogP contribution in [0.25, 0.3) is 0 Å². The first-order chi connectivity index (χ1) is 5.52. The first kappa shape index (κ1) is 11.2. The smallest absolute Gasteiger partial charge is 0.0438 e. The van der Waals surface area contributed by atoms with Gasteiger partial charge in [-0.2, -0.15) is 0 Å². The molecule has 0 heterocycles. The van der Waals surface area contributed by atoms with Crippen LogP contribution in [0.3, 0.4) is 0 Å². The summed E-state index contributed by atoms with van der Waals surface area (Å²) in [6.07, 6.45) is 5.42. The van der Waals surface area contributed by atoms with E-state index < -0.39 is 0 Å². The molecule has 0 aliphatic heterocycles. The largest absolute Gasteiger partial charge is 0.411 e. The number of allylic oxidation sites excluding steroid dienone is 1. The van der Waals surface area contributed by atoms with Crippen molar-refractivity contribution in [2.45, 2.75) is 33.6 Å². The molecule has 1 N–H and O–H groups in total. The van der Waals surface area contributed by atoms with E-state index in [4.69, 9.17) is 5.21 Å². The first-order valence-corrected chi connectivity index (χ1v) is 4.31. The molecule has 0 aromatic carbocycles. The normalized spacial score (nSPS) is 14.9. The molecule has 0 aromatic rings. The third-order valence-electron chi connectivity index (χ3n) is 2.02. The number of rotatable bonds is 5. The zero-order chi connectivity index (χ0) is 9.61. The maximum absolute atomic E-state index is 8.22. The molecule has 0 radical (unpaired) electrons. The minimum absolute atomic E-state index is 0.183. The first-order valence-electron chi connectivity index (χ1n) is 4.31. The van der Waals surface area contributed by atoms with Crippen molar-refractivity contribution in [3.63, 3.8) is 0 Å². The van der Waals surface area contributed by atoms with Crippen LogP contribution in [-0.2, 0) is 0 Å². The Labute approximate surface area is 75.0 Å². The van der Waals surface area contributed by atoms with Gasteiger partial charge in [-0.05, 0) is 24.2 Å². The van der Waals surface area contributed by atoms with E-state index in [1.165, 1.54) is 0 Å². The Morgan fingerprint density at radius 2 is 2.17 bits per heavy atom. The van der Waals surface area contributed by atoms with Crippen molar-refractivity contribution >= 4 is 6.21 Å². The van der Waals surface area contributed by atoms with Crippen molar-refractivity contribution in [3.8, 4) is 0 Å². The highest BCUT2D eigenvalue weighted by Crippen LogP contribution is 2.27. The SMILES string of the molecule is C=CC(C)(C)CC(C)C/C=N/O. The molecule has 2 heteroatoms. The Morgan fingerprint density at radius 3 is 2.58 bits per heavy atom. The summed E-state index contributed by atoms with van der Waals surface area (Å²) in [5, 5.41) is 11.2. The molecule has 2 nitrogen and oxygen atoms in total. The van der Waals surface area contributed by atoms with Crippen molar-refractivity contribution in [2.75, 3.05) is 0 Å². The Kier molecular flexibility index (Phi) is 4.64. The van der Waals surface area contributed by atoms with Crippen LogP contribution >= 0.6 is 0 Å². The van der Waals surface area contributed by atoms with Crippen molar-refractivity contribution in [1.82, 2.24) is 0 Å². The van der Waals surface area contributed by atoms with Gasteiger partial charge in [-0.1, -0.05) is 26.8 Å². The molecule has 70 valence electrons. The molecule has 0 spiro atoms. The summed E-state index contributed by atoms with van der Waals surface area (Å²) in [6, 6.07) is 0. The molecule has 0 aliphatic rings. The molecule has 0 saturated carbocycles. The predicted octanol–water partition coefficient (Wildman–Crippen LogP) is 3.07. The van der Waals surface area contributed by atoms with Crippen LogP contribution in [0.15, 0.2) is 17.8 Å². The van der Waals surface area contributed by atoms with Crippen LogP contribution in [-0.4, -0.2) is 11.4 Å². The van der Waals surface area contributed by atoms with Crippen molar-refractivity contribution < 1.29 is 5.21 Å². The molecule has 0 rings (SSSR count). The molecule has 0 amide bonds. The Morgan fingerprint density at radius 1 is 1.58 bits per heavy atom. The van der Waals surface area contributed by atoms with Gasteiger partial charge in [-0.15, -0.1) is 11.7 Å². The van der Waals surface area contributed by atoms with Gasteiger partial charge in [0.1, 0.15) is 0 Å². The summed E-state index contributed by atoms with van der Waals surface area (Å²) in [5.74, 6) is 0.536. The molecule has 0 bridgehead atoms. The quantitative estimate of drug-likeness (QED) is 0.292. The van der Waals surface area contributed by atoms with E-state index in [1.807, 2.05) is 6.08 Å². The lowest BCUT2D eigenvalue weighted by molar-refractivity contribution is 0.315. The summed E-state index contributed by atoms with van der Waals surface area (Å²) in [7, 11) is 0. The van der Waals surface area contributed by atoms with Crippen molar-refractivity contribution in [2.24, 2.45) is 16.5 Å². The van der Waals surface area contributed by atoms with E-state index in [0.29, 0.717) is 5.92 Å². The predicted molar refractivity (Wildman–Crippen MR) is 52.7 cm³/mol. The summed E-state index contributed by atoms with van der Waals surface area (Å²) >= 11 is 0. The molecule has 0 fully saturated rings.